The molecule has 2 aromatic carbocycles. The molecule has 41 heavy (non-hydrogen) atoms. The van der Waals surface area contributed by atoms with Gasteiger partial charge in [0, 0.05) is 32.1 Å². The van der Waals surface area contributed by atoms with Gasteiger partial charge in [0.25, 0.3) is 0 Å². The largest absolute Gasteiger partial charge is 0.444 e. The number of fused-ring (bicyclic) bond motifs is 3. The average Bonchev–Trinajstić information content (AvgIpc) is 3.31. The van der Waals surface area contributed by atoms with Gasteiger partial charge in [-0.1, -0.05) is 56.0 Å². The van der Waals surface area contributed by atoms with Gasteiger partial charge < -0.3 is 20.1 Å². The Bertz CT molecular complexity index is 1340. The van der Waals surface area contributed by atoms with Gasteiger partial charge in [-0.2, -0.15) is 5.10 Å². The number of benzene rings is 2. The van der Waals surface area contributed by atoms with E-state index in [0.29, 0.717) is 25.3 Å². The smallest absolute Gasteiger partial charge is 0.408 e. The molecule has 8 nitrogen and oxygen atoms in total. The zero-order valence-electron chi connectivity index (χ0n) is 25.3. The first-order chi connectivity index (χ1) is 19.4. The first-order valence-electron chi connectivity index (χ1n) is 14.5. The second-order valence-corrected chi connectivity index (χ2v) is 18.6. The fourth-order valence-corrected chi connectivity index (χ4v) is 5.53. The third-order valence-corrected chi connectivity index (χ3v) is 8.63. The van der Waals surface area contributed by atoms with Gasteiger partial charge in [-0.25, -0.2) is 9.48 Å². The summed E-state index contributed by atoms with van der Waals surface area (Å²) in [7, 11) is -1.13. The molecule has 2 amide bonds. The van der Waals surface area contributed by atoms with Gasteiger partial charge >= 0.3 is 6.09 Å². The van der Waals surface area contributed by atoms with E-state index in [1.807, 2.05) is 53.2 Å². The van der Waals surface area contributed by atoms with E-state index in [4.69, 9.17) is 14.6 Å². The second-order valence-electron chi connectivity index (χ2n) is 13.0. The Labute approximate surface area is 244 Å². The van der Waals surface area contributed by atoms with Crippen LogP contribution in [0.4, 0.5) is 10.5 Å². The van der Waals surface area contributed by atoms with E-state index in [9.17, 15) is 9.59 Å². The van der Waals surface area contributed by atoms with Crippen LogP contribution in [0.3, 0.4) is 0 Å². The Morgan fingerprint density at radius 3 is 2.51 bits per heavy atom. The maximum Gasteiger partial charge on any atom is 0.408 e. The topological polar surface area (TPSA) is 94.5 Å². The molecule has 220 valence electrons. The lowest BCUT2D eigenvalue weighted by Crippen LogP contribution is -2.46. The number of carbonyl (C=O) groups is 2. The normalized spacial score (nSPS) is 13.6. The van der Waals surface area contributed by atoms with Crippen LogP contribution in [0.25, 0.3) is 11.1 Å². The molecule has 3 aromatic rings. The van der Waals surface area contributed by atoms with Crippen molar-refractivity contribution in [1.82, 2.24) is 15.1 Å². The minimum Gasteiger partial charge on any atom is -0.444 e. The summed E-state index contributed by atoms with van der Waals surface area (Å²) in [6, 6.07) is 16.3. The van der Waals surface area contributed by atoms with Gasteiger partial charge in [-0.3, -0.25) is 4.79 Å². The Morgan fingerprint density at radius 1 is 1.05 bits per heavy atom. The van der Waals surface area contributed by atoms with Crippen molar-refractivity contribution in [3.63, 3.8) is 0 Å². The fourth-order valence-electron chi connectivity index (χ4n) is 4.77. The molecule has 0 spiro atoms. The van der Waals surface area contributed by atoms with Crippen molar-refractivity contribution in [1.29, 1.82) is 0 Å². The lowest BCUT2D eigenvalue weighted by Gasteiger charge is -2.24. The van der Waals surface area contributed by atoms with Crippen LogP contribution >= 0.6 is 0 Å². The molecule has 1 aromatic heterocycles. The van der Waals surface area contributed by atoms with Crippen molar-refractivity contribution in [2.75, 3.05) is 11.9 Å². The monoisotopic (exact) mass is 576 g/mol. The second kappa shape index (κ2) is 13.0. The van der Waals surface area contributed by atoms with E-state index < -0.39 is 25.8 Å². The van der Waals surface area contributed by atoms with Gasteiger partial charge in [-0.15, -0.1) is 0 Å². The molecule has 9 heteroatoms. The van der Waals surface area contributed by atoms with Crippen molar-refractivity contribution < 1.29 is 19.1 Å². The minimum atomic E-state index is -1.13. The molecule has 1 atom stereocenters. The van der Waals surface area contributed by atoms with Crippen molar-refractivity contribution in [2.45, 2.75) is 90.5 Å². The van der Waals surface area contributed by atoms with E-state index in [1.54, 1.807) is 20.8 Å². The summed E-state index contributed by atoms with van der Waals surface area (Å²) >= 11 is 0. The highest BCUT2D eigenvalue weighted by atomic mass is 28.3. The number of anilines is 1. The molecule has 1 aliphatic carbocycles. The number of alkyl carbamates (subject to hydrolysis) is 1. The van der Waals surface area contributed by atoms with Crippen LogP contribution in [-0.4, -0.2) is 48.1 Å². The predicted molar refractivity (Wildman–Crippen MR) is 166 cm³/mol. The number of nitrogens with zero attached hydrogens (tertiary/aromatic N) is 2. The third kappa shape index (κ3) is 9.29. The lowest BCUT2D eigenvalue weighted by atomic mass is 9.89. The summed E-state index contributed by atoms with van der Waals surface area (Å²) in [4.78, 5) is 25.9. The van der Waals surface area contributed by atoms with Crippen LogP contribution in [0, 0.1) is 0 Å². The summed E-state index contributed by atoms with van der Waals surface area (Å²) in [5.41, 5.74) is 5.63. The summed E-state index contributed by atoms with van der Waals surface area (Å²) in [5, 5.41) is 10.6. The highest BCUT2D eigenvalue weighted by molar-refractivity contribution is 6.76. The third-order valence-electron chi connectivity index (χ3n) is 6.92. The first kappa shape index (κ1) is 30.5. The number of aryl methyl sites for hydroxylation is 3. The molecule has 0 radical (unpaired) electrons. The molecule has 0 fully saturated rings. The zero-order valence-corrected chi connectivity index (χ0v) is 26.3. The van der Waals surface area contributed by atoms with Crippen molar-refractivity contribution in [3.05, 3.63) is 71.5 Å². The Hall–Kier alpha value is -3.43. The molecule has 0 saturated carbocycles. The van der Waals surface area contributed by atoms with E-state index >= 15 is 0 Å². The first-order valence-corrected chi connectivity index (χ1v) is 18.2. The van der Waals surface area contributed by atoms with Gasteiger partial charge in [0.05, 0.1) is 5.69 Å². The van der Waals surface area contributed by atoms with Crippen molar-refractivity contribution >= 4 is 25.8 Å². The summed E-state index contributed by atoms with van der Waals surface area (Å²) in [6.45, 7) is 13.7. The van der Waals surface area contributed by atoms with Crippen LogP contribution < -0.4 is 10.6 Å². The Balaban J connectivity index is 1.42. The Kier molecular flexibility index (Phi) is 9.71. The van der Waals surface area contributed by atoms with Crippen molar-refractivity contribution in [3.8, 4) is 11.1 Å². The van der Waals surface area contributed by atoms with E-state index in [0.717, 1.165) is 53.4 Å². The van der Waals surface area contributed by atoms with Gasteiger partial charge in [0.1, 0.15) is 18.4 Å². The number of hydrogen-bond acceptors (Lipinski definition) is 5. The number of rotatable bonds is 11. The number of amides is 2. The molecule has 0 bridgehead atoms. The zero-order chi connectivity index (χ0) is 29.6. The van der Waals surface area contributed by atoms with E-state index in [1.165, 1.54) is 0 Å². The fraction of sp³-hybridized carbons (Fsp3) is 0.469. The molecule has 2 N–H and O–H groups in total. The van der Waals surface area contributed by atoms with Crippen LogP contribution in [0.15, 0.2) is 54.7 Å². The summed E-state index contributed by atoms with van der Waals surface area (Å²) in [6.07, 6.45) is 4.22. The SMILES string of the molecule is CC(C)(C)OC(=O)NC(CCc1ccccc1)C(=O)Nc1ccc2c(c1)CCc1nn(COCC[Si](C)(C)C)cc1-2. The molecular formula is C32H44N4O4Si. The standard InChI is InChI=1S/C32H44N4O4Si/c1-32(2,3)40-31(38)34-29(16-12-23-10-8-7-9-11-23)30(37)33-25-14-15-26-24(20-25)13-17-28-27(26)21-36(35-28)22-39-18-19-41(4,5)6/h7-11,14-15,20-21,29H,12-13,16-19,22H2,1-6H3,(H,33,37)(H,34,38). The molecule has 1 heterocycles. The van der Waals surface area contributed by atoms with Crippen LogP contribution in [-0.2, 0) is 40.3 Å². The van der Waals surface area contributed by atoms with E-state index in [2.05, 4.69) is 36.5 Å². The highest BCUT2D eigenvalue weighted by Gasteiger charge is 2.26. The van der Waals surface area contributed by atoms with Crippen LogP contribution in [0.5, 0.6) is 0 Å². The quantitative estimate of drug-likeness (QED) is 0.203. The number of hydrogen-bond donors (Lipinski definition) is 2. The lowest BCUT2D eigenvalue weighted by molar-refractivity contribution is -0.118. The number of aromatic nitrogens is 2. The summed E-state index contributed by atoms with van der Waals surface area (Å²) < 4.78 is 13.2. The molecule has 1 aliphatic rings. The molecule has 4 rings (SSSR count). The minimum absolute atomic E-state index is 0.272. The number of nitrogens with one attached hydrogen (secondary N) is 2. The molecule has 1 unspecified atom stereocenters. The highest BCUT2D eigenvalue weighted by Crippen LogP contribution is 2.34. The molecule has 0 aliphatic heterocycles. The van der Waals surface area contributed by atoms with Crippen LogP contribution in [0.2, 0.25) is 25.7 Å². The molecule has 0 saturated heterocycles. The maximum absolute atomic E-state index is 13.4. The van der Waals surface area contributed by atoms with Crippen molar-refractivity contribution in [2.24, 2.45) is 0 Å². The van der Waals surface area contributed by atoms with Gasteiger partial charge in [0.2, 0.25) is 5.91 Å². The number of ether oxygens (including phenoxy) is 2. The van der Waals surface area contributed by atoms with Gasteiger partial charge in [0.15, 0.2) is 0 Å². The predicted octanol–water partition coefficient (Wildman–Crippen LogP) is 6.43. The van der Waals surface area contributed by atoms with Crippen LogP contribution in [0.1, 0.15) is 44.0 Å². The van der Waals surface area contributed by atoms with E-state index in [-0.39, 0.29) is 5.91 Å². The maximum atomic E-state index is 13.4. The average molecular weight is 577 g/mol. The number of carbonyl (C=O) groups excluding carboxylic acids is 2. The van der Waals surface area contributed by atoms with Gasteiger partial charge in [-0.05, 0) is 81.3 Å². The summed E-state index contributed by atoms with van der Waals surface area (Å²) in [5.74, 6) is -0.272. The molecular weight excluding hydrogens is 532 g/mol. The Morgan fingerprint density at radius 2 is 1.80 bits per heavy atom.